The molecule has 8 heteroatoms. The minimum atomic E-state index is -4.85. The summed E-state index contributed by atoms with van der Waals surface area (Å²) in [5.74, 6) is 0. The number of hydrogen-bond acceptors (Lipinski definition) is 3. The zero-order valence-electron chi connectivity index (χ0n) is 7.85. The van der Waals surface area contributed by atoms with Crippen LogP contribution in [0.25, 0.3) is 0 Å². The maximum Gasteiger partial charge on any atom is 0.433 e. The van der Waals surface area contributed by atoms with Crippen molar-refractivity contribution in [2.75, 3.05) is 5.73 Å². The maximum atomic E-state index is 12.4. The molecule has 0 unspecified atom stereocenters. The summed E-state index contributed by atoms with van der Waals surface area (Å²) in [4.78, 5) is 2.84. The molecule has 0 aliphatic rings. The summed E-state index contributed by atoms with van der Waals surface area (Å²) in [5, 5.41) is 0. The second-order valence-corrected chi connectivity index (χ2v) is 2.97. The molecule has 0 aliphatic carbocycles. The molecule has 90 valence electrons. The lowest BCUT2D eigenvalue weighted by Gasteiger charge is -2.14. The van der Waals surface area contributed by atoms with Crippen molar-refractivity contribution in [1.82, 2.24) is 4.98 Å². The third kappa shape index (κ3) is 2.38. The van der Waals surface area contributed by atoms with Gasteiger partial charge < -0.3 is 11.5 Å². The molecule has 3 nitrogen and oxygen atoms in total. The topological polar surface area (TPSA) is 64.9 Å². The Labute approximate surface area is 87.3 Å². The average molecular weight is 241 g/mol. The summed E-state index contributed by atoms with van der Waals surface area (Å²) in [6.45, 7) is -0.517. The van der Waals surface area contributed by atoms with Gasteiger partial charge in [0.15, 0.2) is 5.69 Å². The van der Waals surface area contributed by atoms with Crippen molar-refractivity contribution in [2.24, 2.45) is 5.73 Å². The molecule has 1 aromatic heterocycles. The number of rotatable bonds is 2. The number of halogens is 5. The van der Waals surface area contributed by atoms with Crippen molar-refractivity contribution < 1.29 is 22.0 Å². The van der Waals surface area contributed by atoms with Gasteiger partial charge in [-0.25, -0.2) is 13.8 Å². The fourth-order valence-electron chi connectivity index (χ4n) is 1.17. The highest BCUT2D eigenvalue weighted by Gasteiger charge is 2.37. The first kappa shape index (κ1) is 12.6. The summed E-state index contributed by atoms with van der Waals surface area (Å²) >= 11 is 0. The van der Waals surface area contributed by atoms with Crippen LogP contribution in [0, 0.1) is 0 Å². The molecule has 0 spiro atoms. The molecule has 0 radical (unpaired) electrons. The number of alkyl halides is 5. The Morgan fingerprint density at radius 2 is 1.88 bits per heavy atom. The number of anilines is 1. The molecule has 0 fully saturated rings. The number of aromatic nitrogens is 1. The minimum Gasteiger partial charge on any atom is -0.398 e. The van der Waals surface area contributed by atoms with Gasteiger partial charge in [0, 0.05) is 17.8 Å². The van der Waals surface area contributed by atoms with Gasteiger partial charge >= 0.3 is 6.18 Å². The van der Waals surface area contributed by atoms with Gasteiger partial charge in [-0.2, -0.15) is 13.2 Å². The van der Waals surface area contributed by atoms with E-state index < -0.39 is 41.8 Å². The highest BCUT2D eigenvalue weighted by molar-refractivity contribution is 5.51. The molecule has 1 aromatic rings. The largest absolute Gasteiger partial charge is 0.433 e. The van der Waals surface area contributed by atoms with Gasteiger partial charge in [-0.15, -0.1) is 0 Å². The van der Waals surface area contributed by atoms with E-state index in [1.807, 2.05) is 0 Å². The SMILES string of the molecule is NCc1c(N)cc(C(F)F)nc1C(F)(F)F. The summed E-state index contributed by atoms with van der Waals surface area (Å²) in [5.41, 5.74) is 6.91. The maximum absolute atomic E-state index is 12.4. The summed E-state index contributed by atoms with van der Waals surface area (Å²) in [6, 6.07) is 0.697. The van der Waals surface area contributed by atoms with Crippen molar-refractivity contribution in [3.63, 3.8) is 0 Å². The molecule has 0 atom stereocenters. The molecule has 1 rings (SSSR count). The van der Waals surface area contributed by atoms with Gasteiger partial charge in [-0.05, 0) is 6.07 Å². The van der Waals surface area contributed by atoms with E-state index in [0.717, 1.165) is 0 Å². The average Bonchev–Trinajstić information content (AvgIpc) is 2.14. The third-order valence-corrected chi connectivity index (χ3v) is 1.87. The van der Waals surface area contributed by atoms with Crippen LogP contribution in [0.1, 0.15) is 23.4 Å². The Kier molecular flexibility index (Phi) is 3.32. The van der Waals surface area contributed by atoms with E-state index in [-0.39, 0.29) is 0 Å². The van der Waals surface area contributed by atoms with Crippen LogP contribution in [0.3, 0.4) is 0 Å². The van der Waals surface area contributed by atoms with E-state index >= 15 is 0 Å². The van der Waals surface area contributed by atoms with Crippen LogP contribution >= 0.6 is 0 Å². The Bertz CT molecular complexity index is 388. The summed E-state index contributed by atoms with van der Waals surface area (Å²) in [7, 11) is 0. The van der Waals surface area contributed by atoms with Crippen LogP contribution in [0.4, 0.5) is 27.6 Å². The third-order valence-electron chi connectivity index (χ3n) is 1.87. The van der Waals surface area contributed by atoms with E-state index in [1.165, 1.54) is 0 Å². The number of pyridine rings is 1. The zero-order chi connectivity index (χ0) is 12.5. The second-order valence-electron chi connectivity index (χ2n) is 2.97. The molecule has 1 heterocycles. The molecule has 4 N–H and O–H groups in total. The fourth-order valence-corrected chi connectivity index (χ4v) is 1.17. The standard InChI is InChI=1S/C8H8F5N3/c9-7(10)5-1-4(15)3(2-14)6(16-5)8(11,12)13/h1,7H,2,14H2,(H2,15,16). The van der Waals surface area contributed by atoms with Crippen molar-refractivity contribution in [1.29, 1.82) is 0 Å². The molecule has 0 aromatic carbocycles. The Morgan fingerprint density at radius 3 is 2.25 bits per heavy atom. The lowest BCUT2D eigenvalue weighted by atomic mass is 10.1. The van der Waals surface area contributed by atoms with Gasteiger partial charge in [-0.3, -0.25) is 0 Å². The normalized spacial score (nSPS) is 12.2. The van der Waals surface area contributed by atoms with E-state index in [2.05, 4.69) is 4.98 Å². The van der Waals surface area contributed by atoms with Gasteiger partial charge in [0.2, 0.25) is 0 Å². The monoisotopic (exact) mass is 241 g/mol. The molecule has 0 aliphatic heterocycles. The smallest absolute Gasteiger partial charge is 0.398 e. The predicted molar refractivity (Wildman–Crippen MR) is 46.5 cm³/mol. The van der Waals surface area contributed by atoms with Crippen molar-refractivity contribution in [2.45, 2.75) is 19.1 Å². The molecule has 0 amide bonds. The van der Waals surface area contributed by atoms with Crippen LogP contribution in [0.15, 0.2) is 6.07 Å². The molecule has 0 bridgehead atoms. The van der Waals surface area contributed by atoms with Crippen LogP contribution in [0.5, 0.6) is 0 Å². The van der Waals surface area contributed by atoms with Crippen LogP contribution < -0.4 is 11.5 Å². The van der Waals surface area contributed by atoms with Gasteiger partial charge in [0.1, 0.15) is 5.69 Å². The summed E-state index contributed by atoms with van der Waals surface area (Å²) in [6.07, 6.45) is -7.97. The van der Waals surface area contributed by atoms with Crippen LogP contribution in [0.2, 0.25) is 0 Å². The zero-order valence-corrected chi connectivity index (χ0v) is 7.85. The minimum absolute atomic E-state index is 0.430. The molecule has 0 saturated heterocycles. The first-order chi connectivity index (χ1) is 7.27. The van der Waals surface area contributed by atoms with Crippen molar-refractivity contribution >= 4 is 5.69 Å². The van der Waals surface area contributed by atoms with Gasteiger partial charge in [-0.1, -0.05) is 0 Å². The Hall–Kier alpha value is -1.44. The van der Waals surface area contributed by atoms with Crippen molar-refractivity contribution in [3.8, 4) is 0 Å². The Morgan fingerprint density at radius 1 is 1.31 bits per heavy atom. The first-order valence-corrected chi connectivity index (χ1v) is 4.12. The lowest BCUT2D eigenvalue weighted by molar-refractivity contribution is -0.142. The van der Waals surface area contributed by atoms with E-state index in [4.69, 9.17) is 11.5 Å². The molecular weight excluding hydrogens is 233 g/mol. The predicted octanol–water partition coefficient (Wildman–Crippen LogP) is 2.08. The fraction of sp³-hybridized carbons (Fsp3) is 0.375. The van der Waals surface area contributed by atoms with Gasteiger partial charge in [0.05, 0.1) is 0 Å². The molecular formula is C8H8F5N3. The quantitative estimate of drug-likeness (QED) is 0.779. The highest BCUT2D eigenvalue weighted by atomic mass is 19.4. The van der Waals surface area contributed by atoms with E-state index in [1.54, 1.807) is 0 Å². The summed E-state index contributed by atoms with van der Waals surface area (Å²) < 4.78 is 61.8. The number of nitrogens with two attached hydrogens (primary N) is 2. The van der Waals surface area contributed by atoms with Gasteiger partial charge in [0.25, 0.3) is 6.43 Å². The highest BCUT2D eigenvalue weighted by Crippen LogP contribution is 2.34. The number of nitrogens with zero attached hydrogens (tertiary/aromatic N) is 1. The number of nitrogen functional groups attached to an aromatic ring is 1. The molecule has 16 heavy (non-hydrogen) atoms. The van der Waals surface area contributed by atoms with E-state index in [0.29, 0.717) is 6.07 Å². The van der Waals surface area contributed by atoms with Crippen molar-refractivity contribution in [3.05, 3.63) is 23.0 Å². The second kappa shape index (κ2) is 4.20. The lowest BCUT2D eigenvalue weighted by Crippen LogP contribution is -2.17. The van der Waals surface area contributed by atoms with E-state index in [9.17, 15) is 22.0 Å². The first-order valence-electron chi connectivity index (χ1n) is 4.12. The van der Waals surface area contributed by atoms with Crippen LogP contribution in [-0.4, -0.2) is 4.98 Å². The number of hydrogen-bond donors (Lipinski definition) is 2. The Balaban J connectivity index is 3.43. The van der Waals surface area contributed by atoms with Crippen LogP contribution in [-0.2, 0) is 12.7 Å². The molecule has 0 saturated carbocycles.